The number of aryl methyl sites for hydroxylation is 1. The first-order valence-corrected chi connectivity index (χ1v) is 9.33. The van der Waals surface area contributed by atoms with Crippen molar-refractivity contribution in [3.05, 3.63) is 17.6 Å². The van der Waals surface area contributed by atoms with Crippen molar-refractivity contribution in [1.29, 1.82) is 0 Å². The highest BCUT2D eigenvalue weighted by molar-refractivity contribution is 7.87. The van der Waals surface area contributed by atoms with E-state index in [0.717, 1.165) is 37.4 Å². The molecule has 8 heteroatoms. The zero-order valence-corrected chi connectivity index (χ0v) is 13.8. The summed E-state index contributed by atoms with van der Waals surface area (Å²) in [4.78, 5) is 11.1. The van der Waals surface area contributed by atoms with E-state index in [4.69, 9.17) is 0 Å². The number of hydrogen-bond donors (Lipinski definition) is 1. The van der Waals surface area contributed by atoms with Gasteiger partial charge in [-0.1, -0.05) is 0 Å². The van der Waals surface area contributed by atoms with E-state index < -0.39 is 10.2 Å². The molecule has 0 atom stereocenters. The van der Waals surface area contributed by atoms with Crippen LogP contribution in [-0.4, -0.2) is 48.9 Å². The van der Waals surface area contributed by atoms with Crippen LogP contribution >= 0.6 is 0 Å². The Hall–Kier alpha value is -1.25. The monoisotopic (exact) mass is 325 g/mol. The van der Waals surface area contributed by atoms with Crippen LogP contribution in [-0.2, 0) is 16.8 Å². The zero-order valence-electron chi connectivity index (χ0n) is 13.0. The first-order valence-electron chi connectivity index (χ1n) is 7.89. The van der Waals surface area contributed by atoms with Crippen molar-refractivity contribution < 1.29 is 8.42 Å². The quantitative estimate of drug-likeness (QED) is 0.867. The summed E-state index contributed by atoms with van der Waals surface area (Å²) in [5.74, 6) is 1.44. The third kappa shape index (κ3) is 3.56. The maximum atomic E-state index is 12.2. The lowest BCUT2D eigenvalue weighted by atomic mass is 10.4. The van der Waals surface area contributed by atoms with Crippen LogP contribution in [0.4, 0.5) is 5.82 Å². The van der Waals surface area contributed by atoms with Crippen molar-refractivity contribution in [2.75, 3.05) is 31.1 Å². The molecule has 22 heavy (non-hydrogen) atoms. The highest BCUT2D eigenvalue weighted by Gasteiger charge is 2.25. The molecular weight excluding hydrogens is 302 g/mol. The SMILES string of the molecule is Cc1cc(N2CCCC2)nc(CNS(=O)(=O)N2CCCC2)n1. The lowest BCUT2D eigenvalue weighted by Crippen LogP contribution is -2.38. The second kappa shape index (κ2) is 6.47. The Bertz CT molecular complexity index is 622. The molecule has 2 aliphatic rings. The molecule has 1 aromatic heterocycles. The highest BCUT2D eigenvalue weighted by atomic mass is 32.2. The Kier molecular flexibility index (Phi) is 4.60. The van der Waals surface area contributed by atoms with Crippen LogP contribution in [0.1, 0.15) is 37.2 Å². The highest BCUT2D eigenvalue weighted by Crippen LogP contribution is 2.18. The molecule has 3 heterocycles. The van der Waals surface area contributed by atoms with Crippen LogP contribution in [0.5, 0.6) is 0 Å². The van der Waals surface area contributed by atoms with Crippen molar-refractivity contribution >= 4 is 16.0 Å². The van der Waals surface area contributed by atoms with Crippen molar-refractivity contribution in [3.8, 4) is 0 Å². The molecule has 2 fully saturated rings. The molecule has 1 N–H and O–H groups in total. The van der Waals surface area contributed by atoms with Gasteiger partial charge in [-0.3, -0.25) is 0 Å². The maximum Gasteiger partial charge on any atom is 0.279 e. The van der Waals surface area contributed by atoms with E-state index in [0.29, 0.717) is 18.9 Å². The predicted molar refractivity (Wildman–Crippen MR) is 84.8 cm³/mol. The molecule has 0 amide bonds. The molecule has 0 radical (unpaired) electrons. The fourth-order valence-corrected chi connectivity index (χ4v) is 4.21. The predicted octanol–water partition coefficient (Wildman–Crippen LogP) is 0.815. The van der Waals surface area contributed by atoms with Crippen LogP contribution in [0.25, 0.3) is 0 Å². The first kappa shape index (κ1) is 15.6. The standard InChI is InChI=1S/C14H23N5O2S/c1-12-10-14(18-6-2-3-7-18)17-13(16-12)11-15-22(20,21)19-8-4-5-9-19/h10,15H,2-9,11H2,1H3. The fourth-order valence-electron chi connectivity index (χ4n) is 2.97. The molecule has 0 aliphatic carbocycles. The molecular formula is C14H23N5O2S. The molecule has 2 aliphatic heterocycles. The van der Waals surface area contributed by atoms with E-state index in [-0.39, 0.29) is 6.54 Å². The fraction of sp³-hybridized carbons (Fsp3) is 0.714. The summed E-state index contributed by atoms with van der Waals surface area (Å²) in [5.41, 5.74) is 0.868. The lowest BCUT2D eigenvalue weighted by molar-refractivity contribution is 0.463. The second-order valence-corrected chi connectivity index (χ2v) is 7.67. The van der Waals surface area contributed by atoms with Crippen molar-refractivity contribution in [2.24, 2.45) is 0 Å². The Morgan fingerprint density at radius 2 is 1.73 bits per heavy atom. The summed E-state index contributed by atoms with van der Waals surface area (Å²) in [6.07, 6.45) is 4.22. The summed E-state index contributed by atoms with van der Waals surface area (Å²) in [6.45, 7) is 5.28. The molecule has 0 bridgehead atoms. The normalized spacial score (nSPS) is 20.0. The first-order chi connectivity index (χ1) is 10.5. The minimum atomic E-state index is -3.41. The molecule has 2 saturated heterocycles. The van der Waals surface area contributed by atoms with Crippen LogP contribution in [0.2, 0.25) is 0 Å². The Labute approximate surface area is 131 Å². The van der Waals surface area contributed by atoms with Gasteiger partial charge in [-0.05, 0) is 32.6 Å². The van der Waals surface area contributed by atoms with Crippen LogP contribution in [0.3, 0.4) is 0 Å². The smallest absolute Gasteiger partial charge is 0.279 e. The van der Waals surface area contributed by atoms with Gasteiger partial charge in [0, 0.05) is 37.9 Å². The largest absolute Gasteiger partial charge is 0.357 e. The number of nitrogens with zero attached hydrogens (tertiary/aromatic N) is 4. The molecule has 0 saturated carbocycles. The lowest BCUT2D eigenvalue weighted by Gasteiger charge is -2.18. The van der Waals surface area contributed by atoms with Gasteiger partial charge in [0.2, 0.25) is 0 Å². The number of aromatic nitrogens is 2. The summed E-state index contributed by atoms with van der Waals surface area (Å²) in [7, 11) is -3.41. The van der Waals surface area contributed by atoms with Crippen LogP contribution in [0, 0.1) is 6.92 Å². The minimum Gasteiger partial charge on any atom is -0.357 e. The van der Waals surface area contributed by atoms with Crippen molar-refractivity contribution in [3.63, 3.8) is 0 Å². The number of rotatable bonds is 5. The Balaban J connectivity index is 1.69. The molecule has 0 unspecified atom stereocenters. The summed E-state index contributed by atoms with van der Waals surface area (Å²) >= 11 is 0. The minimum absolute atomic E-state index is 0.140. The Morgan fingerprint density at radius 1 is 1.09 bits per heavy atom. The van der Waals surface area contributed by atoms with Gasteiger partial charge in [0.05, 0.1) is 6.54 Å². The molecule has 0 spiro atoms. The molecule has 3 rings (SSSR count). The van der Waals surface area contributed by atoms with Gasteiger partial charge < -0.3 is 4.90 Å². The molecule has 0 aromatic carbocycles. The van der Waals surface area contributed by atoms with E-state index in [1.807, 2.05) is 13.0 Å². The second-order valence-electron chi connectivity index (χ2n) is 5.91. The van der Waals surface area contributed by atoms with Crippen LogP contribution in [0.15, 0.2) is 6.07 Å². The average molecular weight is 325 g/mol. The van der Waals surface area contributed by atoms with Crippen molar-refractivity contribution in [2.45, 2.75) is 39.2 Å². The molecule has 1 aromatic rings. The van der Waals surface area contributed by atoms with Gasteiger partial charge in [-0.25, -0.2) is 9.97 Å². The van der Waals surface area contributed by atoms with E-state index >= 15 is 0 Å². The van der Waals surface area contributed by atoms with Gasteiger partial charge >= 0.3 is 0 Å². The van der Waals surface area contributed by atoms with Gasteiger partial charge in [-0.2, -0.15) is 17.4 Å². The van der Waals surface area contributed by atoms with E-state index in [9.17, 15) is 8.42 Å². The summed E-state index contributed by atoms with van der Waals surface area (Å²) < 4.78 is 28.5. The van der Waals surface area contributed by atoms with Gasteiger partial charge in [0.1, 0.15) is 11.6 Å². The third-order valence-corrected chi connectivity index (χ3v) is 5.69. The van der Waals surface area contributed by atoms with E-state index in [1.54, 1.807) is 0 Å². The van der Waals surface area contributed by atoms with Crippen molar-refractivity contribution in [1.82, 2.24) is 19.0 Å². The topological polar surface area (TPSA) is 78.4 Å². The zero-order chi connectivity index (χ0) is 15.6. The maximum absolute atomic E-state index is 12.2. The third-order valence-electron chi connectivity index (χ3n) is 4.13. The van der Waals surface area contributed by atoms with Gasteiger partial charge in [-0.15, -0.1) is 0 Å². The number of anilines is 1. The van der Waals surface area contributed by atoms with Crippen LogP contribution < -0.4 is 9.62 Å². The number of hydrogen-bond acceptors (Lipinski definition) is 5. The molecule has 7 nitrogen and oxygen atoms in total. The molecule has 122 valence electrons. The Morgan fingerprint density at radius 3 is 2.41 bits per heavy atom. The van der Waals surface area contributed by atoms with E-state index in [1.165, 1.54) is 17.1 Å². The van der Waals surface area contributed by atoms with E-state index in [2.05, 4.69) is 19.6 Å². The number of nitrogens with one attached hydrogen (secondary N) is 1. The summed E-state index contributed by atoms with van der Waals surface area (Å²) in [6, 6.07) is 1.96. The summed E-state index contributed by atoms with van der Waals surface area (Å²) in [5, 5.41) is 0. The average Bonchev–Trinajstić information content (AvgIpc) is 3.17. The van der Waals surface area contributed by atoms with Gasteiger partial charge in [0.15, 0.2) is 0 Å². The van der Waals surface area contributed by atoms with Gasteiger partial charge in [0.25, 0.3) is 10.2 Å².